The maximum absolute atomic E-state index is 12.4. The Morgan fingerprint density at radius 3 is 2.74 bits per heavy atom. The SMILES string of the molecule is CCn1c(C)cc(C(=O)COC(=O)[C@@H]2CC(=O)N(Cc3ccco3)C2)c1C. The van der Waals surface area contributed by atoms with Crippen LogP contribution in [0.2, 0.25) is 0 Å². The van der Waals surface area contributed by atoms with Gasteiger partial charge in [-0.1, -0.05) is 0 Å². The lowest BCUT2D eigenvalue weighted by Gasteiger charge is -2.14. The van der Waals surface area contributed by atoms with Gasteiger partial charge in [0.05, 0.1) is 18.7 Å². The number of aryl methyl sites for hydroxylation is 1. The minimum absolute atomic E-state index is 0.0953. The van der Waals surface area contributed by atoms with E-state index in [1.54, 1.807) is 23.3 Å². The number of carbonyl (C=O) groups is 3. The molecule has 0 unspecified atom stereocenters. The molecular weight excluding hydrogens is 348 g/mol. The van der Waals surface area contributed by atoms with Crippen LogP contribution in [-0.2, 0) is 27.4 Å². The largest absolute Gasteiger partial charge is 0.467 e. The number of ether oxygens (including phenoxy) is 1. The first-order valence-electron chi connectivity index (χ1n) is 9.07. The predicted molar refractivity (Wildman–Crippen MR) is 97.1 cm³/mol. The van der Waals surface area contributed by atoms with E-state index >= 15 is 0 Å². The molecule has 1 atom stereocenters. The molecule has 7 heteroatoms. The first kappa shape index (κ1) is 18.9. The molecule has 1 saturated heterocycles. The number of ketones is 1. The van der Waals surface area contributed by atoms with Crippen LogP contribution in [0, 0.1) is 19.8 Å². The number of hydrogen-bond acceptors (Lipinski definition) is 5. The fraction of sp³-hybridized carbons (Fsp3) is 0.450. The van der Waals surface area contributed by atoms with Gasteiger partial charge in [-0.15, -0.1) is 0 Å². The third kappa shape index (κ3) is 3.97. The van der Waals surface area contributed by atoms with Crippen molar-refractivity contribution in [1.82, 2.24) is 9.47 Å². The Bertz CT molecular complexity index is 850. The Morgan fingerprint density at radius 2 is 2.11 bits per heavy atom. The lowest BCUT2D eigenvalue weighted by molar-refractivity contribution is -0.147. The summed E-state index contributed by atoms with van der Waals surface area (Å²) in [6.07, 6.45) is 1.64. The van der Waals surface area contributed by atoms with Gasteiger partial charge in [-0.2, -0.15) is 0 Å². The molecule has 0 aromatic carbocycles. The van der Waals surface area contributed by atoms with E-state index in [0.29, 0.717) is 17.9 Å². The highest BCUT2D eigenvalue weighted by molar-refractivity contribution is 5.99. The van der Waals surface area contributed by atoms with Crippen LogP contribution in [0.25, 0.3) is 0 Å². The van der Waals surface area contributed by atoms with Gasteiger partial charge < -0.3 is 18.6 Å². The second kappa shape index (κ2) is 7.82. The molecule has 0 spiro atoms. The average Bonchev–Trinajstić information content (AvgIpc) is 3.34. The summed E-state index contributed by atoms with van der Waals surface area (Å²) < 4.78 is 12.5. The summed E-state index contributed by atoms with van der Waals surface area (Å²) in [5, 5.41) is 0. The quantitative estimate of drug-likeness (QED) is 0.551. The fourth-order valence-electron chi connectivity index (χ4n) is 3.58. The first-order chi connectivity index (χ1) is 12.9. The monoisotopic (exact) mass is 372 g/mol. The Morgan fingerprint density at radius 1 is 1.33 bits per heavy atom. The van der Waals surface area contributed by atoms with E-state index in [2.05, 4.69) is 0 Å². The lowest BCUT2D eigenvalue weighted by Crippen LogP contribution is -2.27. The molecule has 1 aliphatic rings. The molecule has 0 saturated carbocycles. The zero-order valence-corrected chi connectivity index (χ0v) is 15.9. The van der Waals surface area contributed by atoms with Crippen molar-refractivity contribution in [2.75, 3.05) is 13.2 Å². The number of hydrogen-bond donors (Lipinski definition) is 0. The Hall–Kier alpha value is -2.83. The average molecular weight is 372 g/mol. The van der Waals surface area contributed by atoms with Crippen LogP contribution in [0.1, 0.15) is 40.9 Å². The third-order valence-electron chi connectivity index (χ3n) is 5.01. The second-order valence-corrected chi connectivity index (χ2v) is 6.81. The van der Waals surface area contributed by atoms with Crippen molar-refractivity contribution in [3.05, 3.63) is 47.2 Å². The lowest BCUT2D eigenvalue weighted by atomic mass is 10.1. The molecule has 2 aromatic heterocycles. The van der Waals surface area contributed by atoms with Gasteiger partial charge in [-0.05, 0) is 39.0 Å². The van der Waals surface area contributed by atoms with E-state index in [9.17, 15) is 14.4 Å². The van der Waals surface area contributed by atoms with E-state index < -0.39 is 11.9 Å². The molecule has 0 bridgehead atoms. The number of aromatic nitrogens is 1. The zero-order chi connectivity index (χ0) is 19.6. The van der Waals surface area contributed by atoms with Crippen LogP contribution in [0.3, 0.4) is 0 Å². The molecule has 2 aromatic rings. The van der Waals surface area contributed by atoms with E-state index in [0.717, 1.165) is 17.9 Å². The number of nitrogens with zero attached hydrogens (tertiary/aromatic N) is 2. The maximum Gasteiger partial charge on any atom is 0.311 e. The Labute approximate surface area is 157 Å². The Balaban J connectivity index is 1.55. The van der Waals surface area contributed by atoms with Crippen molar-refractivity contribution in [3.63, 3.8) is 0 Å². The van der Waals surface area contributed by atoms with Gasteiger partial charge in [-0.3, -0.25) is 14.4 Å². The number of carbonyl (C=O) groups excluding carboxylic acids is 3. The molecule has 0 radical (unpaired) electrons. The molecule has 0 aliphatic carbocycles. The van der Waals surface area contributed by atoms with E-state index in [1.807, 2.05) is 31.4 Å². The molecule has 7 nitrogen and oxygen atoms in total. The van der Waals surface area contributed by atoms with Crippen molar-refractivity contribution < 1.29 is 23.5 Å². The Kier molecular flexibility index (Phi) is 5.48. The summed E-state index contributed by atoms with van der Waals surface area (Å²) in [6.45, 7) is 6.91. The smallest absolute Gasteiger partial charge is 0.311 e. The normalized spacial score (nSPS) is 16.8. The predicted octanol–water partition coefficient (Wildman–Crippen LogP) is 2.49. The van der Waals surface area contributed by atoms with Crippen molar-refractivity contribution in [3.8, 4) is 0 Å². The molecule has 1 fully saturated rings. The highest BCUT2D eigenvalue weighted by Crippen LogP contribution is 2.22. The maximum atomic E-state index is 12.4. The number of Topliss-reactive ketones (excluding diaryl/α,β-unsaturated/α-hetero) is 1. The van der Waals surface area contributed by atoms with Gasteiger partial charge in [0.2, 0.25) is 11.7 Å². The summed E-state index contributed by atoms with van der Waals surface area (Å²) in [5.41, 5.74) is 2.44. The minimum Gasteiger partial charge on any atom is -0.467 e. The van der Waals surface area contributed by atoms with Crippen molar-refractivity contribution in [2.24, 2.45) is 5.92 Å². The number of amides is 1. The van der Waals surface area contributed by atoms with Crippen LogP contribution >= 0.6 is 0 Å². The van der Waals surface area contributed by atoms with Crippen LogP contribution in [0.4, 0.5) is 0 Å². The summed E-state index contributed by atoms with van der Waals surface area (Å²) >= 11 is 0. The molecule has 1 aliphatic heterocycles. The van der Waals surface area contributed by atoms with E-state index in [-0.39, 0.29) is 31.3 Å². The molecule has 1 amide bonds. The number of esters is 1. The van der Waals surface area contributed by atoms with Gasteiger partial charge in [0.25, 0.3) is 0 Å². The minimum atomic E-state index is -0.552. The molecule has 144 valence electrons. The van der Waals surface area contributed by atoms with E-state index in [1.165, 1.54) is 0 Å². The van der Waals surface area contributed by atoms with Crippen LogP contribution < -0.4 is 0 Å². The van der Waals surface area contributed by atoms with Crippen molar-refractivity contribution >= 4 is 17.7 Å². The molecular formula is C20H24N2O5. The van der Waals surface area contributed by atoms with Crippen molar-refractivity contribution in [2.45, 2.75) is 40.3 Å². The summed E-state index contributed by atoms with van der Waals surface area (Å²) in [5.74, 6) is -0.746. The fourth-order valence-corrected chi connectivity index (χ4v) is 3.58. The van der Waals surface area contributed by atoms with Gasteiger partial charge in [-0.25, -0.2) is 0 Å². The summed E-state index contributed by atoms with van der Waals surface area (Å²) in [4.78, 5) is 38.4. The highest BCUT2D eigenvalue weighted by Gasteiger charge is 2.36. The van der Waals surface area contributed by atoms with Crippen LogP contribution in [0.15, 0.2) is 28.9 Å². The number of furan rings is 1. The van der Waals surface area contributed by atoms with Gasteiger partial charge in [0.1, 0.15) is 5.76 Å². The standard InChI is InChI=1S/C20H24N2O5/c1-4-22-13(2)8-17(14(22)3)18(23)12-27-20(25)15-9-19(24)21(10-15)11-16-6-5-7-26-16/h5-8,15H,4,9-12H2,1-3H3/t15-/m1/s1. The summed E-state index contributed by atoms with van der Waals surface area (Å²) in [6, 6.07) is 5.35. The first-order valence-corrected chi connectivity index (χ1v) is 9.07. The molecule has 0 N–H and O–H groups in total. The number of likely N-dealkylation sites (tertiary alicyclic amines) is 1. The van der Waals surface area contributed by atoms with Crippen molar-refractivity contribution in [1.29, 1.82) is 0 Å². The van der Waals surface area contributed by atoms with Gasteiger partial charge >= 0.3 is 5.97 Å². The van der Waals surface area contributed by atoms with Crippen LogP contribution in [-0.4, -0.2) is 40.3 Å². The van der Waals surface area contributed by atoms with Gasteiger partial charge in [0.15, 0.2) is 6.61 Å². The highest BCUT2D eigenvalue weighted by atomic mass is 16.5. The van der Waals surface area contributed by atoms with Crippen LogP contribution in [0.5, 0.6) is 0 Å². The summed E-state index contributed by atoms with van der Waals surface area (Å²) in [7, 11) is 0. The third-order valence-corrected chi connectivity index (χ3v) is 5.01. The molecule has 3 rings (SSSR count). The molecule has 27 heavy (non-hydrogen) atoms. The topological polar surface area (TPSA) is 81.8 Å². The van der Waals surface area contributed by atoms with Gasteiger partial charge in [0, 0.05) is 36.5 Å². The second-order valence-electron chi connectivity index (χ2n) is 6.81. The van der Waals surface area contributed by atoms with E-state index in [4.69, 9.17) is 9.15 Å². The molecule has 3 heterocycles. The zero-order valence-electron chi connectivity index (χ0n) is 15.9. The number of rotatable bonds is 7.